The summed E-state index contributed by atoms with van der Waals surface area (Å²) in [6.45, 7) is 3.61. The summed E-state index contributed by atoms with van der Waals surface area (Å²) in [5, 5.41) is 0. The molecule has 0 fully saturated rings. The summed E-state index contributed by atoms with van der Waals surface area (Å²) in [5.41, 5.74) is 0. The Morgan fingerprint density at radius 1 is 0.500 bits per heavy atom. The maximum atomic E-state index is 12.4. The molecule has 0 aromatic heterocycles. The van der Waals surface area contributed by atoms with E-state index in [1.54, 1.807) is 0 Å². The molecule has 0 heterocycles. The zero-order valence-corrected chi connectivity index (χ0v) is 33.8. The second-order valence-corrected chi connectivity index (χ2v) is 14.8. The number of phosphoric acid groups is 1. The van der Waals surface area contributed by atoms with Gasteiger partial charge in [-0.15, -0.1) is 0 Å². The standard InChI is InChI=1S/C43H75O8P/c1-3-5-7-9-11-13-15-17-19-20-21-22-24-25-27-29-31-33-35-37-42(44)49-39-41(40-50-52(46,47)48)51-43(45)38-36-34-32-30-28-26-23-18-16-14-12-10-8-6-4-2/h11,13,17,19,21-22,25-28,41H,3-10,12,14-16,18,20,23-24,29-40H2,1-2H3,(H2,46,47,48)/b13-11+,19-17+,22-21+,27-25+,28-26+/t41-/m1/s1. The van der Waals surface area contributed by atoms with Gasteiger partial charge in [0.05, 0.1) is 6.61 Å². The molecular formula is C43H75O8P. The average Bonchev–Trinajstić information content (AvgIpc) is 3.11. The van der Waals surface area contributed by atoms with Gasteiger partial charge in [-0.2, -0.15) is 0 Å². The minimum atomic E-state index is -4.77. The Morgan fingerprint density at radius 3 is 1.35 bits per heavy atom. The first-order chi connectivity index (χ1) is 25.3. The number of hydrogen-bond donors (Lipinski definition) is 2. The van der Waals surface area contributed by atoms with Crippen LogP contribution in [0.3, 0.4) is 0 Å². The maximum absolute atomic E-state index is 12.4. The largest absolute Gasteiger partial charge is 0.469 e. The molecule has 0 aliphatic heterocycles. The normalized spacial score (nSPS) is 13.1. The molecule has 0 aliphatic carbocycles. The van der Waals surface area contributed by atoms with Crippen molar-refractivity contribution < 1.29 is 37.9 Å². The molecular weight excluding hydrogens is 675 g/mol. The Bertz CT molecular complexity index is 1030. The van der Waals surface area contributed by atoms with Gasteiger partial charge < -0.3 is 19.3 Å². The van der Waals surface area contributed by atoms with Crippen molar-refractivity contribution in [2.24, 2.45) is 0 Å². The minimum Gasteiger partial charge on any atom is -0.462 e. The molecule has 0 aromatic rings. The van der Waals surface area contributed by atoms with Gasteiger partial charge in [-0.1, -0.05) is 145 Å². The van der Waals surface area contributed by atoms with Crippen LogP contribution in [0, 0.1) is 0 Å². The van der Waals surface area contributed by atoms with Gasteiger partial charge in [0.1, 0.15) is 6.61 Å². The second kappa shape index (κ2) is 38.5. The van der Waals surface area contributed by atoms with Crippen LogP contribution >= 0.6 is 7.82 Å². The molecule has 0 amide bonds. The van der Waals surface area contributed by atoms with Crippen LogP contribution in [-0.4, -0.2) is 41.0 Å². The molecule has 300 valence electrons. The van der Waals surface area contributed by atoms with Crippen molar-refractivity contribution in [1.29, 1.82) is 0 Å². The van der Waals surface area contributed by atoms with Gasteiger partial charge >= 0.3 is 19.8 Å². The summed E-state index contributed by atoms with van der Waals surface area (Å²) < 4.78 is 26.3. The maximum Gasteiger partial charge on any atom is 0.469 e. The number of allylic oxidation sites excluding steroid dienone is 10. The van der Waals surface area contributed by atoms with Gasteiger partial charge in [-0.25, -0.2) is 4.57 Å². The van der Waals surface area contributed by atoms with Gasteiger partial charge in [0, 0.05) is 12.8 Å². The minimum absolute atomic E-state index is 0.182. The van der Waals surface area contributed by atoms with Crippen molar-refractivity contribution in [2.75, 3.05) is 13.2 Å². The quantitative estimate of drug-likeness (QED) is 0.0279. The molecule has 0 aliphatic rings. The molecule has 0 aromatic carbocycles. The monoisotopic (exact) mass is 751 g/mol. The third-order valence-corrected chi connectivity index (χ3v) is 8.99. The molecule has 2 N–H and O–H groups in total. The molecule has 0 saturated heterocycles. The van der Waals surface area contributed by atoms with Gasteiger partial charge in [0.15, 0.2) is 6.10 Å². The van der Waals surface area contributed by atoms with Crippen LogP contribution in [0.1, 0.15) is 181 Å². The fourth-order valence-electron chi connectivity index (χ4n) is 5.41. The van der Waals surface area contributed by atoms with E-state index in [0.29, 0.717) is 12.8 Å². The Kier molecular flexibility index (Phi) is 36.8. The number of rotatable bonds is 37. The van der Waals surface area contributed by atoms with Crippen LogP contribution in [0.25, 0.3) is 0 Å². The van der Waals surface area contributed by atoms with E-state index in [4.69, 9.17) is 19.3 Å². The smallest absolute Gasteiger partial charge is 0.462 e. The van der Waals surface area contributed by atoms with E-state index in [0.717, 1.165) is 64.2 Å². The lowest BCUT2D eigenvalue weighted by Gasteiger charge is -2.18. The average molecular weight is 751 g/mol. The summed E-state index contributed by atoms with van der Waals surface area (Å²) >= 11 is 0. The van der Waals surface area contributed by atoms with Crippen LogP contribution in [-0.2, 0) is 28.2 Å². The highest BCUT2D eigenvalue weighted by Crippen LogP contribution is 2.36. The lowest BCUT2D eigenvalue weighted by atomic mass is 10.1. The second-order valence-electron chi connectivity index (χ2n) is 13.6. The number of esters is 2. The number of ether oxygens (including phenoxy) is 2. The van der Waals surface area contributed by atoms with Crippen LogP contribution in [0.2, 0.25) is 0 Å². The Balaban J connectivity index is 4.03. The van der Waals surface area contributed by atoms with Crippen LogP contribution in [0.5, 0.6) is 0 Å². The van der Waals surface area contributed by atoms with Crippen LogP contribution in [0.4, 0.5) is 0 Å². The number of hydrogen-bond acceptors (Lipinski definition) is 6. The van der Waals surface area contributed by atoms with Gasteiger partial charge in [0.2, 0.25) is 0 Å². The lowest BCUT2D eigenvalue weighted by Crippen LogP contribution is -2.29. The first-order valence-corrected chi connectivity index (χ1v) is 22.1. The summed E-state index contributed by atoms with van der Waals surface area (Å²) in [6.07, 6.45) is 48.0. The summed E-state index contributed by atoms with van der Waals surface area (Å²) in [7, 11) is -4.77. The predicted molar refractivity (Wildman–Crippen MR) is 216 cm³/mol. The first-order valence-electron chi connectivity index (χ1n) is 20.6. The third kappa shape index (κ3) is 40.5. The lowest BCUT2D eigenvalue weighted by molar-refractivity contribution is -0.161. The highest BCUT2D eigenvalue weighted by molar-refractivity contribution is 7.46. The highest BCUT2D eigenvalue weighted by atomic mass is 31.2. The van der Waals surface area contributed by atoms with E-state index < -0.39 is 32.5 Å². The van der Waals surface area contributed by atoms with E-state index in [1.165, 1.54) is 77.0 Å². The first kappa shape index (κ1) is 49.8. The molecule has 0 rings (SSSR count). The Morgan fingerprint density at radius 2 is 0.865 bits per heavy atom. The van der Waals surface area contributed by atoms with Crippen molar-refractivity contribution in [3.63, 3.8) is 0 Å². The molecule has 0 bridgehead atoms. The van der Waals surface area contributed by atoms with Crippen LogP contribution in [0.15, 0.2) is 60.8 Å². The molecule has 0 unspecified atom stereocenters. The van der Waals surface area contributed by atoms with E-state index in [2.05, 4.69) is 79.1 Å². The van der Waals surface area contributed by atoms with Crippen molar-refractivity contribution >= 4 is 19.8 Å². The number of phosphoric ester groups is 1. The molecule has 52 heavy (non-hydrogen) atoms. The van der Waals surface area contributed by atoms with Crippen molar-refractivity contribution in [1.82, 2.24) is 0 Å². The van der Waals surface area contributed by atoms with Crippen molar-refractivity contribution in [2.45, 2.75) is 187 Å². The molecule has 0 spiro atoms. The summed E-state index contributed by atoms with van der Waals surface area (Å²) in [5.74, 6) is -0.942. The van der Waals surface area contributed by atoms with Gasteiger partial charge in [0.25, 0.3) is 0 Å². The number of carbonyl (C=O) groups is 2. The fraction of sp³-hybridized carbons (Fsp3) is 0.721. The predicted octanol–water partition coefficient (Wildman–Crippen LogP) is 12.5. The van der Waals surface area contributed by atoms with E-state index in [1.807, 2.05) is 0 Å². The molecule has 8 nitrogen and oxygen atoms in total. The SMILES string of the molecule is CCCCC/C=C/C/C=C/C/C=C/C/C=C/CCCCCC(=O)OC[C@H](COP(=O)(O)O)OC(=O)CCCCC/C=C/CCCCCCCCCC. The van der Waals surface area contributed by atoms with Crippen LogP contribution < -0.4 is 0 Å². The fourth-order valence-corrected chi connectivity index (χ4v) is 5.77. The molecule has 1 atom stereocenters. The van der Waals surface area contributed by atoms with E-state index in [9.17, 15) is 14.2 Å². The number of carbonyl (C=O) groups excluding carboxylic acids is 2. The number of unbranched alkanes of at least 4 members (excludes halogenated alkanes) is 17. The van der Waals surface area contributed by atoms with E-state index >= 15 is 0 Å². The molecule has 0 radical (unpaired) electrons. The highest BCUT2D eigenvalue weighted by Gasteiger charge is 2.22. The summed E-state index contributed by atoms with van der Waals surface area (Å²) in [4.78, 5) is 42.8. The zero-order valence-electron chi connectivity index (χ0n) is 32.9. The topological polar surface area (TPSA) is 119 Å². The van der Waals surface area contributed by atoms with Crippen molar-refractivity contribution in [3.05, 3.63) is 60.8 Å². The Hall–Kier alpha value is -2.25. The third-order valence-electron chi connectivity index (χ3n) is 8.51. The van der Waals surface area contributed by atoms with Gasteiger partial charge in [-0.05, 0) is 83.5 Å². The zero-order chi connectivity index (χ0) is 38.2. The van der Waals surface area contributed by atoms with E-state index in [-0.39, 0.29) is 19.4 Å². The Labute approximate surface area is 317 Å². The summed E-state index contributed by atoms with van der Waals surface area (Å²) in [6, 6.07) is 0. The van der Waals surface area contributed by atoms with Gasteiger partial charge in [-0.3, -0.25) is 14.1 Å². The van der Waals surface area contributed by atoms with Crippen molar-refractivity contribution in [3.8, 4) is 0 Å². The molecule has 9 heteroatoms. The molecule has 0 saturated carbocycles.